The molecule has 5 heterocycles. The molecule has 31 heavy (non-hydrogen) atoms. The van der Waals surface area contributed by atoms with E-state index in [9.17, 15) is 8.42 Å². The number of pyridine rings is 1. The smallest absolute Gasteiger partial charge is 0.244 e. The Morgan fingerprint density at radius 3 is 2.65 bits per heavy atom. The quantitative estimate of drug-likeness (QED) is 0.504. The number of aromatic nitrogens is 5. The van der Waals surface area contributed by atoms with E-state index in [1.165, 1.54) is 10.6 Å². The number of ether oxygens (including phenoxy) is 1. The maximum atomic E-state index is 11.7. The predicted molar refractivity (Wildman–Crippen MR) is 117 cm³/mol. The molecule has 162 valence electrons. The van der Waals surface area contributed by atoms with Crippen molar-refractivity contribution in [2.45, 2.75) is 18.9 Å². The zero-order chi connectivity index (χ0) is 21.6. The van der Waals surface area contributed by atoms with Crippen molar-refractivity contribution < 1.29 is 13.2 Å². The van der Waals surface area contributed by atoms with Gasteiger partial charge in [-0.3, -0.25) is 0 Å². The number of hydrogen-bond donors (Lipinski definition) is 1. The molecule has 4 aromatic rings. The van der Waals surface area contributed by atoms with Gasteiger partial charge in [-0.25, -0.2) is 21.8 Å². The molecule has 4 aromatic heterocycles. The van der Waals surface area contributed by atoms with Gasteiger partial charge in [0.25, 0.3) is 0 Å². The van der Waals surface area contributed by atoms with Crippen LogP contribution >= 0.6 is 0 Å². The molecule has 0 aliphatic carbocycles. The van der Waals surface area contributed by atoms with Gasteiger partial charge in [-0.05, 0) is 42.7 Å². The summed E-state index contributed by atoms with van der Waals surface area (Å²) in [7, 11) is -1.56. The van der Waals surface area contributed by atoms with Crippen LogP contribution in [0.4, 0.5) is 5.95 Å². The standard InChI is InChI=1S/C20H23N7O3S/c1-30-19-18-17(14-4-11-26-16(13-14)3-8-21-26)7-12-27(18)24-20(23-19)22-15-5-9-25(10-6-15)31(2,28)29/h3-4,7-8,11-13,15H,5-6,9-10H2,1-2H3,(H,22,24). The minimum atomic E-state index is -3.15. The van der Waals surface area contributed by atoms with Crippen molar-refractivity contribution in [1.82, 2.24) is 28.5 Å². The molecule has 10 nitrogen and oxygen atoms in total. The minimum absolute atomic E-state index is 0.0967. The molecule has 0 atom stereocenters. The van der Waals surface area contributed by atoms with E-state index in [4.69, 9.17) is 4.74 Å². The first-order chi connectivity index (χ1) is 14.9. The Morgan fingerprint density at radius 1 is 1.13 bits per heavy atom. The Bertz CT molecular complexity index is 1350. The second-order valence-corrected chi connectivity index (χ2v) is 9.65. The number of piperidine rings is 1. The van der Waals surface area contributed by atoms with Gasteiger partial charge in [0, 0.05) is 43.3 Å². The average Bonchev–Trinajstić information content (AvgIpc) is 3.39. The van der Waals surface area contributed by atoms with E-state index in [1.807, 2.05) is 35.1 Å². The lowest BCUT2D eigenvalue weighted by Gasteiger charge is -2.30. The fourth-order valence-corrected chi connectivity index (χ4v) is 4.91. The van der Waals surface area contributed by atoms with Crippen LogP contribution in [0, 0.1) is 0 Å². The Kier molecular flexibility index (Phi) is 4.78. The number of anilines is 1. The molecule has 0 radical (unpaired) electrons. The number of nitrogens with zero attached hydrogens (tertiary/aromatic N) is 6. The van der Waals surface area contributed by atoms with Crippen LogP contribution in [0.5, 0.6) is 5.88 Å². The van der Waals surface area contributed by atoms with Gasteiger partial charge in [-0.2, -0.15) is 10.1 Å². The first kappa shape index (κ1) is 19.8. The first-order valence-corrected chi connectivity index (χ1v) is 11.9. The van der Waals surface area contributed by atoms with Crippen molar-refractivity contribution >= 4 is 27.0 Å². The molecule has 1 aliphatic rings. The van der Waals surface area contributed by atoms with E-state index in [0.717, 1.165) is 22.2 Å². The van der Waals surface area contributed by atoms with Crippen LogP contribution in [-0.4, -0.2) is 69.4 Å². The Labute approximate surface area is 179 Å². The van der Waals surface area contributed by atoms with E-state index in [1.54, 1.807) is 17.8 Å². The number of sulfonamides is 1. The second-order valence-electron chi connectivity index (χ2n) is 7.66. The third-order valence-electron chi connectivity index (χ3n) is 5.64. The second kappa shape index (κ2) is 7.50. The monoisotopic (exact) mass is 441 g/mol. The number of hydrogen-bond acceptors (Lipinski definition) is 7. The summed E-state index contributed by atoms with van der Waals surface area (Å²) in [4.78, 5) is 4.58. The molecule has 0 bridgehead atoms. The summed E-state index contributed by atoms with van der Waals surface area (Å²) >= 11 is 0. The summed E-state index contributed by atoms with van der Waals surface area (Å²) in [6.07, 6.45) is 8.20. The highest BCUT2D eigenvalue weighted by molar-refractivity contribution is 7.88. The lowest BCUT2D eigenvalue weighted by atomic mass is 10.1. The molecule has 0 aromatic carbocycles. The average molecular weight is 442 g/mol. The van der Waals surface area contributed by atoms with Crippen molar-refractivity contribution in [3.8, 4) is 17.0 Å². The summed E-state index contributed by atoms with van der Waals surface area (Å²) in [5.74, 6) is 0.926. The summed E-state index contributed by atoms with van der Waals surface area (Å²) in [6, 6.07) is 8.09. The third-order valence-corrected chi connectivity index (χ3v) is 6.94. The Hall–Kier alpha value is -3.18. The Balaban J connectivity index is 1.43. The highest BCUT2D eigenvalue weighted by Gasteiger charge is 2.25. The van der Waals surface area contributed by atoms with E-state index >= 15 is 0 Å². The van der Waals surface area contributed by atoms with Crippen molar-refractivity contribution in [3.63, 3.8) is 0 Å². The fourth-order valence-electron chi connectivity index (χ4n) is 4.03. The summed E-state index contributed by atoms with van der Waals surface area (Å²) in [6.45, 7) is 0.973. The molecule has 0 unspecified atom stereocenters. The van der Waals surface area contributed by atoms with Crippen LogP contribution in [0.2, 0.25) is 0 Å². The number of methoxy groups -OCH3 is 1. The lowest BCUT2D eigenvalue weighted by Crippen LogP contribution is -2.42. The van der Waals surface area contributed by atoms with Gasteiger partial charge in [0.2, 0.25) is 21.9 Å². The maximum Gasteiger partial charge on any atom is 0.244 e. The van der Waals surface area contributed by atoms with Gasteiger partial charge in [0.15, 0.2) is 0 Å². The SMILES string of the molecule is COc1nc(NC2CCN(S(C)(=O)=O)CC2)nn2ccc(-c3ccn4nccc4c3)c12. The lowest BCUT2D eigenvalue weighted by molar-refractivity contribution is 0.330. The van der Waals surface area contributed by atoms with Crippen LogP contribution in [-0.2, 0) is 10.0 Å². The Morgan fingerprint density at radius 2 is 1.90 bits per heavy atom. The number of rotatable bonds is 5. The molecule has 0 spiro atoms. The van der Waals surface area contributed by atoms with Gasteiger partial charge in [0.1, 0.15) is 5.52 Å². The zero-order valence-electron chi connectivity index (χ0n) is 17.3. The van der Waals surface area contributed by atoms with E-state index < -0.39 is 10.0 Å². The molecule has 5 rings (SSSR count). The highest BCUT2D eigenvalue weighted by Crippen LogP contribution is 2.32. The first-order valence-electron chi connectivity index (χ1n) is 10.0. The molecule has 1 aliphatic heterocycles. The highest BCUT2D eigenvalue weighted by atomic mass is 32.2. The molecule has 11 heteroatoms. The predicted octanol–water partition coefficient (Wildman–Crippen LogP) is 1.89. The van der Waals surface area contributed by atoms with Crippen LogP contribution in [0.25, 0.3) is 22.2 Å². The molecule has 0 amide bonds. The van der Waals surface area contributed by atoms with E-state index in [-0.39, 0.29) is 6.04 Å². The minimum Gasteiger partial charge on any atom is -0.479 e. The molecule has 0 saturated carbocycles. The van der Waals surface area contributed by atoms with E-state index in [0.29, 0.717) is 37.8 Å². The van der Waals surface area contributed by atoms with Crippen LogP contribution in [0.15, 0.2) is 42.9 Å². The fraction of sp³-hybridized carbons (Fsp3) is 0.350. The van der Waals surface area contributed by atoms with Crippen LogP contribution in [0.3, 0.4) is 0 Å². The molecular weight excluding hydrogens is 418 g/mol. The van der Waals surface area contributed by atoms with Crippen molar-refractivity contribution in [3.05, 3.63) is 42.9 Å². The van der Waals surface area contributed by atoms with Gasteiger partial charge < -0.3 is 10.1 Å². The molecule has 1 saturated heterocycles. The summed E-state index contributed by atoms with van der Waals surface area (Å²) in [5, 5.41) is 12.2. The zero-order valence-corrected chi connectivity index (χ0v) is 18.1. The van der Waals surface area contributed by atoms with Crippen molar-refractivity contribution in [2.75, 3.05) is 31.8 Å². The van der Waals surface area contributed by atoms with Gasteiger partial charge in [0.05, 0.1) is 18.9 Å². The summed E-state index contributed by atoms with van der Waals surface area (Å²) in [5.41, 5.74) is 3.76. The molecule has 1 fully saturated rings. The largest absolute Gasteiger partial charge is 0.479 e. The van der Waals surface area contributed by atoms with Crippen LogP contribution in [0.1, 0.15) is 12.8 Å². The van der Waals surface area contributed by atoms with Crippen molar-refractivity contribution in [1.29, 1.82) is 0 Å². The van der Waals surface area contributed by atoms with Gasteiger partial charge in [-0.15, -0.1) is 5.10 Å². The topological polar surface area (TPSA) is 106 Å². The molecular formula is C20H23N7O3S. The normalized spacial score (nSPS) is 16.2. The summed E-state index contributed by atoms with van der Waals surface area (Å²) < 4.78 is 34.1. The van der Waals surface area contributed by atoms with Gasteiger partial charge in [-0.1, -0.05) is 0 Å². The third kappa shape index (κ3) is 3.70. The number of fused-ring (bicyclic) bond motifs is 2. The van der Waals surface area contributed by atoms with Crippen LogP contribution < -0.4 is 10.1 Å². The molecule has 1 N–H and O–H groups in total. The van der Waals surface area contributed by atoms with Gasteiger partial charge >= 0.3 is 0 Å². The maximum absolute atomic E-state index is 11.7. The van der Waals surface area contributed by atoms with Crippen molar-refractivity contribution in [2.24, 2.45) is 0 Å². The van der Waals surface area contributed by atoms with E-state index in [2.05, 4.69) is 26.6 Å². The number of nitrogens with one attached hydrogen (secondary N) is 1.